The third kappa shape index (κ3) is 5.48. The van der Waals surface area contributed by atoms with Gasteiger partial charge in [0.15, 0.2) is 0 Å². The van der Waals surface area contributed by atoms with E-state index in [0.29, 0.717) is 24.1 Å². The van der Waals surface area contributed by atoms with Gasteiger partial charge >= 0.3 is 0 Å². The van der Waals surface area contributed by atoms with Crippen LogP contribution in [0.25, 0.3) is 0 Å². The maximum absolute atomic E-state index is 12.7. The molecule has 6 nitrogen and oxygen atoms in total. The summed E-state index contributed by atoms with van der Waals surface area (Å²) in [6.07, 6.45) is 0.545. The Morgan fingerprint density at radius 2 is 1.60 bits per heavy atom. The number of carbonyl (C=O) groups is 1. The molecule has 3 aromatic rings. The van der Waals surface area contributed by atoms with Gasteiger partial charge in [-0.05, 0) is 48.4 Å². The monoisotopic (exact) mass is 437 g/mol. The first-order chi connectivity index (χ1) is 14.4. The SMILES string of the molecule is N#Cc1ccccc1Sc1ccccc1C(=O)NCCc1ccc(S(N)(=O)=O)cc1. The Morgan fingerprint density at radius 3 is 2.27 bits per heavy atom. The number of primary sulfonamides is 1. The molecule has 0 radical (unpaired) electrons. The molecule has 0 aliphatic rings. The topological polar surface area (TPSA) is 113 Å². The van der Waals surface area contributed by atoms with Crippen LogP contribution in [0.4, 0.5) is 0 Å². The van der Waals surface area contributed by atoms with Crippen molar-refractivity contribution in [3.63, 3.8) is 0 Å². The molecule has 152 valence electrons. The molecule has 30 heavy (non-hydrogen) atoms. The predicted molar refractivity (Wildman–Crippen MR) is 116 cm³/mol. The van der Waals surface area contributed by atoms with Gasteiger partial charge < -0.3 is 5.32 Å². The average molecular weight is 438 g/mol. The number of hydrogen-bond donors (Lipinski definition) is 2. The van der Waals surface area contributed by atoms with Crippen molar-refractivity contribution < 1.29 is 13.2 Å². The minimum atomic E-state index is -3.72. The number of hydrogen-bond acceptors (Lipinski definition) is 5. The number of amides is 1. The van der Waals surface area contributed by atoms with Crippen molar-refractivity contribution in [1.82, 2.24) is 5.32 Å². The van der Waals surface area contributed by atoms with Crippen molar-refractivity contribution in [2.24, 2.45) is 5.14 Å². The second-order valence-electron chi connectivity index (χ2n) is 6.40. The van der Waals surface area contributed by atoms with Crippen molar-refractivity contribution in [1.29, 1.82) is 5.26 Å². The number of rotatable bonds is 7. The summed E-state index contributed by atoms with van der Waals surface area (Å²) >= 11 is 1.38. The first-order valence-corrected chi connectivity index (χ1v) is 11.4. The molecule has 0 aliphatic carbocycles. The van der Waals surface area contributed by atoms with Crippen molar-refractivity contribution in [3.8, 4) is 6.07 Å². The predicted octanol–water partition coefficient (Wildman–Crippen LogP) is 3.33. The minimum absolute atomic E-state index is 0.0545. The lowest BCUT2D eigenvalue weighted by atomic mass is 10.1. The zero-order valence-electron chi connectivity index (χ0n) is 15.9. The highest BCUT2D eigenvalue weighted by Gasteiger charge is 2.13. The number of benzene rings is 3. The smallest absolute Gasteiger partial charge is 0.252 e. The second-order valence-corrected chi connectivity index (χ2v) is 9.05. The molecular formula is C22H19N3O3S2. The number of sulfonamides is 1. The van der Waals surface area contributed by atoms with Crippen LogP contribution in [0.5, 0.6) is 0 Å². The molecule has 0 saturated heterocycles. The third-order valence-corrected chi connectivity index (χ3v) is 6.39. The molecule has 0 unspecified atom stereocenters. The van der Waals surface area contributed by atoms with Crippen molar-refractivity contribution in [2.75, 3.05) is 6.54 Å². The van der Waals surface area contributed by atoms with Crippen LogP contribution < -0.4 is 10.5 Å². The van der Waals surface area contributed by atoms with Gasteiger partial charge in [0.25, 0.3) is 5.91 Å². The Morgan fingerprint density at radius 1 is 0.967 bits per heavy atom. The van der Waals surface area contributed by atoms with Crippen LogP contribution in [0.2, 0.25) is 0 Å². The van der Waals surface area contributed by atoms with Gasteiger partial charge in [0, 0.05) is 16.3 Å². The van der Waals surface area contributed by atoms with Crippen LogP contribution in [-0.2, 0) is 16.4 Å². The van der Waals surface area contributed by atoms with E-state index in [2.05, 4.69) is 11.4 Å². The summed E-state index contributed by atoms with van der Waals surface area (Å²) in [5.41, 5.74) is 1.97. The normalized spacial score (nSPS) is 10.9. The highest BCUT2D eigenvalue weighted by Crippen LogP contribution is 2.32. The molecule has 0 bridgehead atoms. The summed E-state index contributed by atoms with van der Waals surface area (Å²) in [5, 5.41) is 17.3. The van der Waals surface area contributed by atoms with E-state index in [4.69, 9.17) is 5.14 Å². The second kappa shape index (κ2) is 9.59. The fourth-order valence-electron chi connectivity index (χ4n) is 2.77. The molecule has 0 aliphatic heterocycles. The van der Waals surface area contributed by atoms with Gasteiger partial charge in [-0.3, -0.25) is 4.79 Å². The van der Waals surface area contributed by atoms with Crippen molar-refractivity contribution >= 4 is 27.7 Å². The van der Waals surface area contributed by atoms with E-state index in [1.807, 2.05) is 24.3 Å². The standard InChI is InChI=1S/C22H19N3O3S2/c23-15-17-5-1-3-7-20(17)29-21-8-4-2-6-19(21)22(26)25-14-13-16-9-11-18(12-10-16)30(24,27)28/h1-12H,13-14H2,(H,25,26)(H2,24,27,28). The first kappa shape index (κ1) is 21.6. The largest absolute Gasteiger partial charge is 0.352 e. The summed E-state index contributed by atoms with van der Waals surface area (Å²) in [4.78, 5) is 14.3. The molecule has 8 heteroatoms. The maximum Gasteiger partial charge on any atom is 0.252 e. The number of carbonyl (C=O) groups excluding carboxylic acids is 1. The van der Waals surface area contributed by atoms with Gasteiger partial charge in [-0.25, -0.2) is 13.6 Å². The summed E-state index contributed by atoms with van der Waals surface area (Å²) in [6, 6.07) is 22.9. The number of nitriles is 1. The van der Waals surface area contributed by atoms with E-state index in [0.717, 1.165) is 15.4 Å². The van der Waals surface area contributed by atoms with Crippen molar-refractivity contribution in [3.05, 3.63) is 89.5 Å². The summed E-state index contributed by atoms with van der Waals surface area (Å²) in [5.74, 6) is -0.214. The molecule has 0 saturated carbocycles. The van der Waals surface area contributed by atoms with E-state index in [-0.39, 0.29) is 10.8 Å². The molecule has 0 fully saturated rings. The van der Waals surface area contributed by atoms with Gasteiger partial charge in [-0.15, -0.1) is 0 Å². The van der Waals surface area contributed by atoms with E-state index in [1.165, 1.54) is 23.9 Å². The van der Waals surface area contributed by atoms with Gasteiger partial charge in [0.1, 0.15) is 6.07 Å². The van der Waals surface area contributed by atoms with Crippen LogP contribution in [0.15, 0.2) is 87.5 Å². The maximum atomic E-state index is 12.7. The lowest BCUT2D eigenvalue weighted by molar-refractivity contribution is 0.0951. The first-order valence-electron chi connectivity index (χ1n) is 9.04. The highest BCUT2D eigenvalue weighted by atomic mass is 32.2. The molecule has 0 atom stereocenters. The molecule has 3 N–H and O–H groups in total. The summed E-state index contributed by atoms with van der Waals surface area (Å²) in [6.45, 7) is 0.390. The Balaban J connectivity index is 1.66. The van der Waals surface area contributed by atoms with Crippen LogP contribution >= 0.6 is 11.8 Å². The molecular weight excluding hydrogens is 418 g/mol. The van der Waals surface area contributed by atoms with E-state index < -0.39 is 10.0 Å². The zero-order valence-corrected chi connectivity index (χ0v) is 17.5. The quantitative estimate of drug-likeness (QED) is 0.589. The van der Waals surface area contributed by atoms with E-state index >= 15 is 0 Å². The van der Waals surface area contributed by atoms with Crippen molar-refractivity contribution in [2.45, 2.75) is 21.1 Å². The minimum Gasteiger partial charge on any atom is -0.352 e. The molecule has 3 rings (SSSR count). The third-order valence-electron chi connectivity index (χ3n) is 4.31. The van der Waals surface area contributed by atoms with E-state index in [9.17, 15) is 18.5 Å². The molecule has 1 amide bonds. The van der Waals surface area contributed by atoms with Gasteiger partial charge in [-0.2, -0.15) is 5.26 Å². The fraction of sp³-hybridized carbons (Fsp3) is 0.0909. The fourth-order valence-corrected chi connectivity index (χ4v) is 4.31. The number of nitrogens with two attached hydrogens (primary N) is 1. The highest BCUT2D eigenvalue weighted by molar-refractivity contribution is 7.99. The number of nitrogens with zero attached hydrogens (tertiary/aromatic N) is 1. The van der Waals surface area contributed by atoms with Crippen LogP contribution in [0.1, 0.15) is 21.5 Å². The molecule has 0 heterocycles. The van der Waals surface area contributed by atoms with Crippen LogP contribution in [0.3, 0.4) is 0 Å². The Labute approximate surface area is 179 Å². The Bertz CT molecular complexity index is 1200. The lowest BCUT2D eigenvalue weighted by Crippen LogP contribution is -2.26. The summed E-state index contributed by atoms with van der Waals surface area (Å²) in [7, 11) is -3.72. The summed E-state index contributed by atoms with van der Waals surface area (Å²) < 4.78 is 22.6. The van der Waals surface area contributed by atoms with Gasteiger partial charge in [-0.1, -0.05) is 48.2 Å². The lowest BCUT2D eigenvalue weighted by Gasteiger charge is -2.11. The Hall–Kier alpha value is -3.12. The van der Waals surface area contributed by atoms with E-state index in [1.54, 1.807) is 36.4 Å². The van der Waals surface area contributed by atoms with Crippen LogP contribution in [0, 0.1) is 11.3 Å². The van der Waals surface area contributed by atoms with Gasteiger partial charge in [0.2, 0.25) is 10.0 Å². The zero-order chi connectivity index (χ0) is 21.6. The molecule has 3 aromatic carbocycles. The molecule has 0 spiro atoms. The number of nitrogens with one attached hydrogen (secondary N) is 1. The average Bonchev–Trinajstić information content (AvgIpc) is 2.74. The van der Waals surface area contributed by atoms with Gasteiger partial charge in [0.05, 0.1) is 16.0 Å². The van der Waals surface area contributed by atoms with Crippen LogP contribution in [-0.4, -0.2) is 20.9 Å². The Kier molecular flexibility index (Phi) is 6.90. The molecule has 0 aromatic heterocycles.